The molecule has 3 aromatic rings. The van der Waals surface area contributed by atoms with Gasteiger partial charge in [0, 0.05) is 18.6 Å². The number of nitrogens with zero attached hydrogens (tertiary/aromatic N) is 3. The number of pyridine rings is 1. The van der Waals surface area contributed by atoms with Crippen LogP contribution >= 0.6 is 0 Å². The number of carbonyl (C=O) groups is 1. The predicted molar refractivity (Wildman–Crippen MR) is 101 cm³/mol. The molecule has 33 heavy (non-hydrogen) atoms. The van der Waals surface area contributed by atoms with Gasteiger partial charge in [-0.15, -0.1) is 0 Å². The van der Waals surface area contributed by atoms with Crippen molar-refractivity contribution in [1.29, 1.82) is 0 Å². The molecular formula is C21H17F6N3O3. The lowest BCUT2D eigenvalue weighted by Crippen LogP contribution is -2.29. The van der Waals surface area contributed by atoms with Gasteiger partial charge in [0.1, 0.15) is 12.5 Å². The normalized spacial score (nSPS) is 14.0. The van der Waals surface area contributed by atoms with E-state index in [0.717, 1.165) is 29.1 Å². The van der Waals surface area contributed by atoms with Gasteiger partial charge in [-0.25, -0.2) is 0 Å². The van der Waals surface area contributed by atoms with Gasteiger partial charge in [0.05, 0.1) is 18.2 Å². The maximum Gasteiger partial charge on any atom is 0.435 e. The molecule has 2 unspecified atom stereocenters. The number of benzene rings is 1. The van der Waals surface area contributed by atoms with E-state index in [9.17, 15) is 36.2 Å². The average Bonchev–Trinajstić information content (AvgIpc) is 3.25. The standard InChI is InChI=1S/C21H17F6N3O3/c22-20(23,24)15-5-1-3-13(9-15)12-33-19(32)16(18(31)14-4-2-7-28-10-14)11-30-8-6-17(29-30)21(25,26)27/h1-10,16,18,31H,11-12H2. The summed E-state index contributed by atoms with van der Waals surface area (Å²) < 4.78 is 83.1. The van der Waals surface area contributed by atoms with Crippen molar-refractivity contribution < 1.29 is 41.0 Å². The fourth-order valence-corrected chi connectivity index (χ4v) is 3.00. The van der Waals surface area contributed by atoms with Gasteiger partial charge in [-0.3, -0.25) is 14.5 Å². The highest BCUT2D eigenvalue weighted by molar-refractivity contribution is 5.73. The molecule has 2 heterocycles. The molecule has 1 N–H and O–H groups in total. The van der Waals surface area contributed by atoms with Crippen LogP contribution in [0.25, 0.3) is 0 Å². The van der Waals surface area contributed by atoms with E-state index >= 15 is 0 Å². The first kappa shape index (κ1) is 24.2. The van der Waals surface area contributed by atoms with E-state index in [2.05, 4.69) is 10.1 Å². The van der Waals surface area contributed by atoms with E-state index in [4.69, 9.17) is 4.74 Å². The first-order valence-electron chi connectivity index (χ1n) is 9.46. The third-order valence-corrected chi connectivity index (χ3v) is 4.66. The Labute approximate surface area is 183 Å². The number of rotatable bonds is 7. The smallest absolute Gasteiger partial charge is 0.435 e. The molecule has 1 aromatic carbocycles. The molecule has 0 aliphatic carbocycles. The highest BCUT2D eigenvalue weighted by Gasteiger charge is 2.35. The lowest BCUT2D eigenvalue weighted by Gasteiger charge is -2.22. The summed E-state index contributed by atoms with van der Waals surface area (Å²) in [6, 6.07) is 7.78. The Morgan fingerprint density at radius 3 is 2.42 bits per heavy atom. The van der Waals surface area contributed by atoms with Crippen LogP contribution in [0, 0.1) is 5.92 Å². The van der Waals surface area contributed by atoms with Crippen LogP contribution in [0.4, 0.5) is 26.3 Å². The molecule has 2 atom stereocenters. The quantitative estimate of drug-likeness (QED) is 0.407. The second kappa shape index (κ2) is 9.61. The van der Waals surface area contributed by atoms with Gasteiger partial charge in [0.15, 0.2) is 5.69 Å². The third kappa shape index (κ3) is 6.31. The topological polar surface area (TPSA) is 77.2 Å². The number of esters is 1. The Hall–Kier alpha value is -3.41. The second-order valence-electron chi connectivity index (χ2n) is 7.06. The fourth-order valence-electron chi connectivity index (χ4n) is 3.00. The number of aliphatic hydroxyl groups is 1. The maximum absolute atomic E-state index is 12.9. The van der Waals surface area contributed by atoms with E-state index in [-0.39, 0.29) is 11.1 Å². The summed E-state index contributed by atoms with van der Waals surface area (Å²) in [5.41, 5.74) is -1.87. The van der Waals surface area contributed by atoms with Gasteiger partial charge >= 0.3 is 18.3 Å². The minimum atomic E-state index is -4.70. The minimum absolute atomic E-state index is 0.0474. The van der Waals surface area contributed by atoms with Gasteiger partial charge < -0.3 is 9.84 Å². The average molecular weight is 473 g/mol. The van der Waals surface area contributed by atoms with Crippen LogP contribution in [0.2, 0.25) is 0 Å². The number of aliphatic hydroxyl groups excluding tert-OH is 1. The Bertz CT molecular complexity index is 1080. The van der Waals surface area contributed by atoms with Crippen molar-refractivity contribution in [3.8, 4) is 0 Å². The van der Waals surface area contributed by atoms with Crippen molar-refractivity contribution in [3.05, 3.63) is 83.4 Å². The molecule has 0 saturated heterocycles. The number of alkyl halides is 6. The molecule has 0 saturated carbocycles. The Morgan fingerprint density at radius 2 is 1.82 bits per heavy atom. The number of hydrogen-bond donors (Lipinski definition) is 1. The van der Waals surface area contributed by atoms with Crippen molar-refractivity contribution >= 4 is 5.97 Å². The van der Waals surface area contributed by atoms with Crippen LogP contribution in [0.3, 0.4) is 0 Å². The zero-order chi connectivity index (χ0) is 24.2. The van der Waals surface area contributed by atoms with Crippen LogP contribution in [-0.2, 0) is 35.0 Å². The van der Waals surface area contributed by atoms with Gasteiger partial charge in [-0.05, 0) is 35.4 Å². The summed E-state index contributed by atoms with van der Waals surface area (Å²) >= 11 is 0. The molecule has 0 amide bonds. The molecule has 0 aliphatic rings. The SMILES string of the molecule is O=C(OCc1cccc(C(F)(F)F)c1)C(Cn1ccc(C(F)(F)F)n1)C(O)c1cccnc1. The predicted octanol–water partition coefficient (Wildman–Crippen LogP) is 4.41. The molecule has 0 spiro atoms. The van der Waals surface area contributed by atoms with E-state index < -0.39 is 54.8 Å². The molecule has 176 valence electrons. The second-order valence-corrected chi connectivity index (χ2v) is 7.06. The fraction of sp³-hybridized carbons (Fsp3) is 0.286. The summed E-state index contributed by atoms with van der Waals surface area (Å²) in [6.07, 6.45) is -7.14. The zero-order valence-electron chi connectivity index (χ0n) is 16.7. The van der Waals surface area contributed by atoms with Crippen LogP contribution in [0.1, 0.15) is 28.5 Å². The highest BCUT2D eigenvalue weighted by atomic mass is 19.4. The zero-order valence-corrected chi connectivity index (χ0v) is 16.7. The van der Waals surface area contributed by atoms with E-state index in [1.165, 1.54) is 30.6 Å². The molecule has 0 fully saturated rings. The number of hydrogen-bond acceptors (Lipinski definition) is 5. The molecule has 3 rings (SSSR count). The van der Waals surface area contributed by atoms with Gasteiger partial charge in [-0.1, -0.05) is 18.2 Å². The summed E-state index contributed by atoms with van der Waals surface area (Å²) in [5.74, 6) is -2.45. The van der Waals surface area contributed by atoms with Gasteiger partial charge in [0.25, 0.3) is 0 Å². The monoisotopic (exact) mass is 473 g/mol. The van der Waals surface area contributed by atoms with Crippen molar-refractivity contribution in [2.75, 3.05) is 0 Å². The highest BCUT2D eigenvalue weighted by Crippen LogP contribution is 2.31. The molecule has 12 heteroatoms. The molecule has 0 bridgehead atoms. The maximum atomic E-state index is 12.9. The molecule has 0 radical (unpaired) electrons. The van der Waals surface area contributed by atoms with Crippen molar-refractivity contribution in [1.82, 2.24) is 14.8 Å². The van der Waals surface area contributed by atoms with Gasteiger partial charge in [-0.2, -0.15) is 31.4 Å². The van der Waals surface area contributed by atoms with Gasteiger partial charge in [0.2, 0.25) is 0 Å². The van der Waals surface area contributed by atoms with E-state index in [1.807, 2.05) is 0 Å². The Morgan fingerprint density at radius 1 is 1.06 bits per heavy atom. The van der Waals surface area contributed by atoms with Crippen LogP contribution in [0.15, 0.2) is 61.1 Å². The first-order chi connectivity index (χ1) is 15.4. The first-order valence-corrected chi connectivity index (χ1v) is 9.46. The number of ether oxygens (including phenoxy) is 1. The molecule has 2 aromatic heterocycles. The summed E-state index contributed by atoms with van der Waals surface area (Å²) in [7, 11) is 0. The third-order valence-electron chi connectivity index (χ3n) is 4.66. The van der Waals surface area contributed by atoms with Crippen LogP contribution in [-0.4, -0.2) is 25.8 Å². The summed E-state index contributed by atoms with van der Waals surface area (Å²) in [6.45, 7) is -1.01. The van der Waals surface area contributed by atoms with E-state index in [0.29, 0.717) is 6.07 Å². The lowest BCUT2D eigenvalue weighted by molar-refractivity contribution is -0.155. The van der Waals surface area contributed by atoms with Crippen molar-refractivity contribution in [3.63, 3.8) is 0 Å². The minimum Gasteiger partial charge on any atom is -0.460 e. The van der Waals surface area contributed by atoms with E-state index in [1.54, 1.807) is 0 Å². The molecular weight excluding hydrogens is 456 g/mol. The number of aromatic nitrogens is 3. The van der Waals surface area contributed by atoms with Crippen molar-refractivity contribution in [2.24, 2.45) is 5.92 Å². The number of halogens is 6. The lowest BCUT2D eigenvalue weighted by atomic mass is 9.97. The van der Waals surface area contributed by atoms with Crippen molar-refractivity contribution in [2.45, 2.75) is 31.6 Å². The largest absolute Gasteiger partial charge is 0.460 e. The molecule has 0 aliphatic heterocycles. The van der Waals surface area contributed by atoms with Crippen LogP contribution < -0.4 is 0 Å². The Kier molecular flexibility index (Phi) is 7.06. The number of carbonyl (C=O) groups excluding carboxylic acids is 1. The summed E-state index contributed by atoms with van der Waals surface area (Å²) in [4.78, 5) is 16.6. The Balaban J connectivity index is 1.80. The summed E-state index contributed by atoms with van der Waals surface area (Å²) in [5, 5.41) is 14.0. The molecule has 6 nitrogen and oxygen atoms in total. The van der Waals surface area contributed by atoms with Crippen LogP contribution in [0.5, 0.6) is 0 Å².